The maximum Gasteiger partial charge on any atom is 0.192 e. The van der Waals surface area contributed by atoms with Gasteiger partial charge in [0, 0.05) is 13.1 Å². The van der Waals surface area contributed by atoms with Crippen LogP contribution in [0.1, 0.15) is 0 Å². The topological polar surface area (TPSA) is 82.2 Å². The number of nitrogens with two attached hydrogens (primary N) is 2. The van der Waals surface area contributed by atoms with Crippen LogP contribution in [0.25, 0.3) is 0 Å². The van der Waals surface area contributed by atoms with Gasteiger partial charge in [0.25, 0.3) is 0 Å². The van der Waals surface area contributed by atoms with Crippen LogP contribution in [0.3, 0.4) is 0 Å². The van der Waals surface area contributed by atoms with Gasteiger partial charge in [0.05, 0.1) is 6.20 Å². The van der Waals surface area contributed by atoms with E-state index >= 15 is 0 Å². The van der Waals surface area contributed by atoms with E-state index in [0.29, 0.717) is 5.82 Å². The SMILES string of the molecule is Cn1nccc1N=C(N)N. The molecule has 0 aliphatic heterocycles. The summed E-state index contributed by atoms with van der Waals surface area (Å²) in [5.41, 5.74) is 10.3. The van der Waals surface area contributed by atoms with Gasteiger partial charge < -0.3 is 11.5 Å². The highest BCUT2D eigenvalue weighted by atomic mass is 15.3. The minimum Gasteiger partial charge on any atom is -0.370 e. The number of aliphatic imine (C=N–C) groups is 1. The summed E-state index contributed by atoms with van der Waals surface area (Å²) < 4.78 is 1.58. The first-order chi connectivity index (χ1) is 4.70. The molecule has 1 rings (SSSR count). The van der Waals surface area contributed by atoms with Crippen molar-refractivity contribution in [1.29, 1.82) is 0 Å². The zero-order valence-electron chi connectivity index (χ0n) is 5.65. The Morgan fingerprint density at radius 2 is 2.40 bits per heavy atom. The van der Waals surface area contributed by atoms with Gasteiger partial charge in [-0.05, 0) is 0 Å². The fraction of sp³-hybridized carbons (Fsp3) is 0.200. The van der Waals surface area contributed by atoms with E-state index in [1.165, 1.54) is 0 Å². The largest absolute Gasteiger partial charge is 0.370 e. The summed E-state index contributed by atoms with van der Waals surface area (Å²) in [6, 6.07) is 1.72. The van der Waals surface area contributed by atoms with Crippen molar-refractivity contribution in [2.45, 2.75) is 0 Å². The molecule has 54 valence electrons. The Labute approximate surface area is 58.3 Å². The van der Waals surface area contributed by atoms with Gasteiger partial charge in [-0.2, -0.15) is 10.1 Å². The van der Waals surface area contributed by atoms with Crippen LogP contribution in [0, 0.1) is 0 Å². The summed E-state index contributed by atoms with van der Waals surface area (Å²) >= 11 is 0. The number of aromatic nitrogens is 2. The summed E-state index contributed by atoms with van der Waals surface area (Å²) in [5.74, 6) is 0.698. The van der Waals surface area contributed by atoms with Crippen molar-refractivity contribution in [2.24, 2.45) is 23.5 Å². The molecule has 4 N–H and O–H groups in total. The molecule has 0 spiro atoms. The Bertz CT molecular complexity index is 244. The molecule has 0 aliphatic carbocycles. The molecule has 0 saturated carbocycles. The molecular formula is C5H9N5. The average molecular weight is 139 g/mol. The van der Waals surface area contributed by atoms with E-state index in [-0.39, 0.29) is 5.96 Å². The monoisotopic (exact) mass is 139 g/mol. The summed E-state index contributed by atoms with van der Waals surface area (Å²) in [5, 5.41) is 3.87. The molecule has 5 heteroatoms. The second-order valence-electron chi connectivity index (χ2n) is 1.85. The lowest BCUT2D eigenvalue weighted by atomic mass is 10.6. The number of aryl methyl sites for hydroxylation is 1. The maximum absolute atomic E-state index is 5.14. The van der Waals surface area contributed by atoms with E-state index in [0.717, 1.165) is 0 Å². The van der Waals surface area contributed by atoms with Crippen LogP contribution in [0.4, 0.5) is 5.82 Å². The highest BCUT2D eigenvalue weighted by molar-refractivity contribution is 5.78. The minimum atomic E-state index is 0.0450. The van der Waals surface area contributed by atoms with Crippen LogP contribution in [-0.2, 0) is 7.05 Å². The fourth-order valence-electron chi connectivity index (χ4n) is 0.609. The highest BCUT2D eigenvalue weighted by Crippen LogP contribution is 2.06. The van der Waals surface area contributed by atoms with Gasteiger partial charge in [-0.25, -0.2) is 0 Å². The molecule has 0 aromatic carbocycles. The van der Waals surface area contributed by atoms with Gasteiger partial charge in [-0.15, -0.1) is 0 Å². The zero-order chi connectivity index (χ0) is 7.56. The lowest BCUT2D eigenvalue weighted by Crippen LogP contribution is -2.22. The van der Waals surface area contributed by atoms with E-state index in [4.69, 9.17) is 11.5 Å². The molecule has 0 unspecified atom stereocenters. The summed E-state index contributed by atoms with van der Waals surface area (Å²) in [6.45, 7) is 0. The van der Waals surface area contributed by atoms with E-state index in [9.17, 15) is 0 Å². The third-order valence-electron chi connectivity index (χ3n) is 1.04. The van der Waals surface area contributed by atoms with Gasteiger partial charge in [0.1, 0.15) is 0 Å². The maximum atomic E-state index is 5.14. The van der Waals surface area contributed by atoms with Crippen molar-refractivity contribution in [3.63, 3.8) is 0 Å². The molecule has 0 aliphatic rings. The predicted molar refractivity (Wildman–Crippen MR) is 38.7 cm³/mol. The number of hydrogen-bond donors (Lipinski definition) is 2. The molecule has 0 fully saturated rings. The van der Waals surface area contributed by atoms with Gasteiger partial charge in [-0.1, -0.05) is 0 Å². The van der Waals surface area contributed by atoms with Crippen molar-refractivity contribution < 1.29 is 0 Å². The summed E-state index contributed by atoms with van der Waals surface area (Å²) in [4.78, 5) is 3.79. The Hall–Kier alpha value is -1.52. The molecule has 0 saturated heterocycles. The number of guanidine groups is 1. The molecule has 0 radical (unpaired) electrons. The van der Waals surface area contributed by atoms with Crippen molar-refractivity contribution in [3.8, 4) is 0 Å². The molecule has 1 aromatic heterocycles. The molecule has 1 aromatic rings. The van der Waals surface area contributed by atoms with Crippen LogP contribution in [0.15, 0.2) is 17.3 Å². The first kappa shape index (κ1) is 6.60. The smallest absolute Gasteiger partial charge is 0.192 e. The van der Waals surface area contributed by atoms with E-state index in [2.05, 4.69) is 10.1 Å². The van der Waals surface area contributed by atoms with Crippen LogP contribution >= 0.6 is 0 Å². The molecule has 0 amide bonds. The van der Waals surface area contributed by atoms with Gasteiger partial charge in [-0.3, -0.25) is 4.68 Å². The second-order valence-corrected chi connectivity index (χ2v) is 1.85. The van der Waals surface area contributed by atoms with Crippen LogP contribution in [-0.4, -0.2) is 15.7 Å². The summed E-state index contributed by atoms with van der Waals surface area (Å²) in [7, 11) is 1.77. The van der Waals surface area contributed by atoms with Gasteiger partial charge in [0.15, 0.2) is 11.8 Å². The normalized spacial score (nSPS) is 9.30. The fourth-order valence-corrected chi connectivity index (χ4v) is 0.609. The average Bonchev–Trinajstić information content (AvgIpc) is 2.15. The van der Waals surface area contributed by atoms with E-state index in [1.807, 2.05) is 0 Å². The minimum absolute atomic E-state index is 0.0450. The van der Waals surface area contributed by atoms with Crippen molar-refractivity contribution in [3.05, 3.63) is 12.3 Å². The van der Waals surface area contributed by atoms with E-state index < -0.39 is 0 Å². The molecule has 5 nitrogen and oxygen atoms in total. The zero-order valence-corrected chi connectivity index (χ0v) is 5.65. The second kappa shape index (κ2) is 2.38. The Morgan fingerprint density at radius 1 is 1.70 bits per heavy atom. The molecule has 10 heavy (non-hydrogen) atoms. The van der Waals surface area contributed by atoms with Crippen LogP contribution < -0.4 is 11.5 Å². The Morgan fingerprint density at radius 3 is 2.80 bits per heavy atom. The predicted octanol–water partition coefficient (Wildman–Crippen LogP) is -0.675. The standard InChI is InChI=1S/C5H9N5/c1-10-4(2-3-8-10)9-5(6)7/h2-3H,1H3,(H4,6,7,9). The Balaban J connectivity index is 2.95. The van der Waals surface area contributed by atoms with Crippen molar-refractivity contribution >= 4 is 11.8 Å². The Kier molecular flexibility index (Phi) is 1.57. The molecule has 0 bridgehead atoms. The molecule has 0 atom stereocenters. The van der Waals surface area contributed by atoms with Crippen LogP contribution in [0.5, 0.6) is 0 Å². The van der Waals surface area contributed by atoms with Gasteiger partial charge in [0.2, 0.25) is 0 Å². The molecule has 1 heterocycles. The molecular weight excluding hydrogens is 130 g/mol. The summed E-state index contributed by atoms with van der Waals surface area (Å²) in [6.07, 6.45) is 1.63. The first-order valence-electron chi connectivity index (χ1n) is 2.78. The number of hydrogen-bond acceptors (Lipinski definition) is 2. The van der Waals surface area contributed by atoms with Gasteiger partial charge >= 0.3 is 0 Å². The number of nitrogens with zero attached hydrogens (tertiary/aromatic N) is 3. The van der Waals surface area contributed by atoms with Crippen LogP contribution in [0.2, 0.25) is 0 Å². The number of rotatable bonds is 1. The lowest BCUT2D eigenvalue weighted by Gasteiger charge is -1.93. The van der Waals surface area contributed by atoms with E-state index in [1.54, 1.807) is 24.0 Å². The quantitative estimate of drug-likeness (QED) is 0.399. The first-order valence-corrected chi connectivity index (χ1v) is 2.78. The van der Waals surface area contributed by atoms with Crippen molar-refractivity contribution in [2.75, 3.05) is 0 Å². The highest BCUT2D eigenvalue weighted by Gasteiger charge is 1.93. The third-order valence-corrected chi connectivity index (χ3v) is 1.04. The lowest BCUT2D eigenvalue weighted by molar-refractivity contribution is 0.770. The third kappa shape index (κ3) is 1.25. The van der Waals surface area contributed by atoms with Crippen molar-refractivity contribution in [1.82, 2.24) is 9.78 Å².